The molecule has 0 spiro atoms. The van der Waals surface area contributed by atoms with Gasteiger partial charge in [-0.3, -0.25) is 4.99 Å². The van der Waals surface area contributed by atoms with E-state index in [0.717, 1.165) is 57.8 Å². The van der Waals surface area contributed by atoms with Crippen LogP contribution >= 0.6 is 0 Å². The Morgan fingerprint density at radius 1 is 1.15 bits per heavy atom. The summed E-state index contributed by atoms with van der Waals surface area (Å²) in [6.07, 6.45) is 8.05. The Kier molecular flexibility index (Phi) is 7.75. The molecule has 9 heteroatoms. The first-order valence-electron chi connectivity index (χ1n) is 10.4. The van der Waals surface area contributed by atoms with Gasteiger partial charge in [-0.05, 0) is 44.9 Å². The lowest BCUT2D eigenvalue weighted by Crippen LogP contribution is -2.50. The summed E-state index contributed by atoms with van der Waals surface area (Å²) >= 11 is 0. The Bertz CT molecular complexity index is 580. The molecule has 156 valence electrons. The van der Waals surface area contributed by atoms with Gasteiger partial charge in [0.1, 0.15) is 0 Å². The zero-order chi connectivity index (χ0) is 19.1. The number of likely N-dealkylation sites (tertiary alicyclic amines) is 1. The molecule has 0 amide bonds. The minimum Gasteiger partial charge on any atom is -0.377 e. The van der Waals surface area contributed by atoms with E-state index in [1.54, 1.807) is 7.05 Å². The number of nitrogens with zero attached hydrogens (tertiary/aromatic N) is 2. The quantitative estimate of drug-likeness (QED) is 0.399. The van der Waals surface area contributed by atoms with E-state index in [4.69, 9.17) is 4.74 Å². The van der Waals surface area contributed by atoms with E-state index in [1.807, 2.05) is 0 Å². The molecule has 1 aliphatic carbocycles. The minimum absolute atomic E-state index is 0.0115. The van der Waals surface area contributed by atoms with Gasteiger partial charge in [-0.15, -0.1) is 0 Å². The van der Waals surface area contributed by atoms with Crippen molar-refractivity contribution in [2.45, 2.75) is 63.1 Å². The van der Waals surface area contributed by atoms with Crippen molar-refractivity contribution in [3.63, 3.8) is 0 Å². The van der Waals surface area contributed by atoms with E-state index >= 15 is 0 Å². The molecule has 2 aliphatic heterocycles. The average molecular weight is 402 g/mol. The largest absolute Gasteiger partial charge is 0.377 e. The Labute approximate surface area is 163 Å². The lowest BCUT2D eigenvalue weighted by molar-refractivity contribution is 0.0200. The van der Waals surface area contributed by atoms with Gasteiger partial charge < -0.3 is 20.3 Å². The van der Waals surface area contributed by atoms with Crippen LogP contribution in [0.2, 0.25) is 0 Å². The summed E-state index contributed by atoms with van der Waals surface area (Å²) in [7, 11) is -1.59. The zero-order valence-electron chi connectivity index (χ0n) is 16.5. The molecule has 0 aromatic rings. The first-order chi connectivity index (χ1) is 13.1. The summed E-state index contributed by atoms with van der Waals surface area (Å²) in [5.41, 5.74) is 0. The summed E-state index contributed by atoms with van der Waals surface area (Å²) in [6.45, 7) is 3.72. The van der Waals surface area contributed by atoms with Crippen molar-refractivity contribution >= 4 is 16.0 Å². The van der Waals surface area contributed by atoms with E-state index in [-0.39, 0.29) is 11.9 Å². The monoisotopic (exact) mass is 401 g/mol. The Balaban J connectivity index is 1.31. The number of hydrogen-bond acceptors (Lipinski definition) is 5. The summed E-state index contributed by atoms with van der Waals surface area (Å²) < 4.78 is 32.6. The molecule has 3 rings (SSSR count). The molecule has 1 unspecified atom stereocenters. The van der Waals surface area contributed by atoms with Gasteiger partial charge in [0, 0.05) is 51.9 Å². The molecule has 0 radical (unpaired) electrons. The Hall–Kier alpha value is -0.900. The minimum atomic E-state index is -3.31. The second kappa shape index (κ2) is 10.0. The topological polar surface area (TPSA) is 95.1 Å². The van der Waals surface area contributed by atoms with Crippen molar-refractivity contribution in [2.75, 3.05) is 45.6 Å². The van der Waals surface area contributed by atoms with Crippen molar-refractivity contribution in [2.24, 2.45) is 4.99 Å². The maximum Gasteiger partial charge on any atom is 0.213 e. The molecule has 8 nitrogen and oxygen atoms in total. The molecule has 0 aromatic carbocycles. The van der Waals surface area contributed by atoms with Crippen LogP contribution in [0.4, 0.5) is 0 Å². The lowest BCUT2D eigenvalue weighted by Gasteiger charge is -2.33. The van der Waals surface area contributed by atoms with Gasteiger partial charge in [-0.1, -0.05) is 0 Å². The fourth-order valence-corrected chi connectivity index (χ4v) is 4.76. The highest BCUT2D eigenvalue weighted by Crippen LogP contribution is 2.29. The number of rotatable bonds is 8. The van der Waals surface area contributed by atoms with Crippen LogP contribution in [0.15, 0.2) is 4.99 Å². The molecule has 1 saturated carbocycles. The third-order valence-corrected chi connectivity index (χ3v) is 6.97. The first-order valence-corrected chi connectivity index (χ1v) is 12.0. The number of piperidine rings is 1. The second-order valence-corrected chi connectivity index (χ2v) is 9.77. The summed E-state index contributed by atoms with van der Waals surface area (Å²) in [4.78, 5) is 6.82. The molecule has 3 aliphatic rings. The van der Waals surface area contributed by atoms with E-state index < -0.39 is 10.0 Å². The van der Waals surface area contributed by atoms with Crippen LogP contribution in [-0.2, 0) is 14.8 Å². The molecule has 27 heavy (non-hydrogen) atoms. The first kappa shape index (κ1) is 20.8. The van der Waals surface area contributed by atoms with E-state index in [0.29, 0.717) is 25.1 Å². The number of ether oxygens (including phenoxy) is 1. The normalized spacial score (nSPS) is 26.1. The van der Waals surface area contributed by atoms with E-state index in [2.05, 4.69) is 25.2 Å². The van der Waals surface area contributed by atoms with E-state index in [1.165, 1.54) is 12.8 Å². The van der Waals surface area contributed by atoms with Crippen LogP contribution in [0.5, 0.6) is 0 Å². The maximum atomic E-state index is 12.2. The summed E-state index contributed by atoms with van der Waals surface area (Å²) in [5.74, 6) is 0.714. The maximum absolute atomic E-state index is 12.2. The fraction of sp³-hybridized carbons (Fsp3) is 0.944. The highest BCUT2D eigenvalue weighted by atomic mass is 32.2. The van der Waals surface area contributed by atoms with Gasteiger partial charge in [0.15, 0.2) is 5.96 Å². The predicted molar refractivity (Wildman–Crippen MR) is 107 cm³/mol. The third kappa shape index (κ3) is 7.21. The molecule has 0 bridgehead atoms. The van der Waals surface area contributed by atoms with Crippen molar-refractivity contribution in [1.82, 2.24) is 20.3 Å². The lowest BCUT2D eigenvalue weighted by atomic mass is 10.1. The summed E-state index contributed by atoms with van der Waals surface area (Å²) in [5, 5.41) is 6.56. The standard InChI is InChI=1S/C18H35N5O3S/c1-19-18(22-15-7-10-23(11-8-15)16-5-6-16)20-9-13-27(24,25)21-14-17-4-2-3-12-26-17/h15-17,21H,2-14H2,1H3,(H2,19,20,22). The third-order valence-electron chi connectivity index (χ3n) is 5.63. The summed E-state index contributed by atoms with van der Waals surface area (Å²) in [6, 6.07) is 1.24. The van der Waals surface area contributed by atoms with Gasteiger partial charge >= 0.3 is 0 Å². The van der Waals surface area contributed by atoms with Crippen molar-refractivity contribution in [3.8, 4) is 0 Å². The molecule has 0 aromatic heterocycles. The van der Waals surface area contributed by atoms with Gasteiger partial charge in [0.25, 0.3) is 0 Å². The molecule has 2 saturated heterocycles. The van der Waals surface area contributed by atoms with Crippen LogP contribution in [-0.4, -0.2) is 83.1 Å². The van der Waals surface area contributed by atoms with Gasteiger partial charge in [0.05, 0.1) is 11.9 Å². The number of aliphatic imine (C=N–C) groups is 1. The molecule has 1 atom stereocenters. The second-order valence-electron chi connectivity index (χ2n) is 7.84. The van der Waals surface area contributed by atoms with Crippen molar-refractivity contribution < 1.29 is 13.2 Å². The van der Waals surface area contributed by atoms with Crippen LogP contribution in [0.3, 0.4) is 0 Å². The predicted octanol–water partition coefficient (Wildman–Crippen LogP) is 0.267. The van der Waals surface area contributed by atoms with Crippen LogP contribution in [0.25, 0.3) is 0 Å². The SMILES string of the molecule is CN=C(NCCS(=O)(=O)NCC1CCCCO1)NC1CCN(C2CC2)CC1. The molecular weight excluding hydrogens is 366 g/mol. The van der Waals surface area contributed by atoms with Crippen LogP contribution < -0.4 is 15.4 Å². The van der Waals surface area contributed by atoms with Crippen molar-refractivity contribution in [1.29, 1.82) is 0 Å². The highest BCUT2D eigenvalue weighted by molar-refractivity contribution is 7.89. The van der Waals surface area contributed by atoms with Gasteiger partial charge in [-0.25, -0.2) is 13.1 Å². The fourth-order valence-electron chi connectivity index (χ4n) is 3.80. The number of sulfonamides is 1. The van der Waals surface area contributed by atoms with Gasteiger partial charge in [-0.2, -0.15) is 0 Å². The molecule has 3 N–H and O–H groups in total. The number of hydrogen-bond donors (Lipinski definition) is 3. The molecule has 3 fully saturated rings. The number of nitrogens with one attached hydrogen (secondary N) is 3. The Morgan fingerprint density at radius 2 is 1.93 bits per heavy atom. The number of guanidine groups is 1. The van der Waals surface area contributed by atoms with Gasteiger partial charge in [0.2, 0.25) is 10.0 Å². The van der Waals surface area contributed by atoms with Crippen molar-refractivity contribution in [3.05, 3.63) is 0 Å². The smallest absolute Gasteiger partial charge is 0.213 e. The molecule has 2 heterocycles. The molecular formula is C18H35N5O3S. The zero-order valence-corrected chi connectivity index (χ0v) is 17.3. The van der Waals surface area contributed by atoms with Crippen LogP contribution in [0.1, 0.15) is 44.9 Å². The Morgan fingerprint density at radius 3 is 2.56 bits per heavy atom. The highest BCUT2D eigenvalue weighted by Gasteiger charge is 2.31. The van der Waals surface area contributed by atoms with E-state index in [9.17, 15) is 8.42 Å². The average Bonchev–Trinajstić information content (AvgIpc) is 3.52. The van der Waals surface area contributed by atoms with Crippen LogP contribution in [0, 0.1) is 0 Å².